The summed E-state index contributed by atoms with van der Waals surface area (Å²) in [6.07, 6.45) is 4.42. The summed E-state index contributed by atoms with van der Waals surface area (Å²) in [6, 6.07) is 0.492. The lowest BCUT2D eigenvalue weighted by Gasteiger charge is -2.38. The molecule has 4 heteroatoms. The first-order valence-corrected chi connectivity index (χ1v) is 7.26. The SMILES string of the molecule is CC1CCNC(C(=O)N(C)C2CCN(C)CC2)C1. The topological polar surface area (TPSA) is 35.6 Å². The molecule has 0 bridgehead atoms. The fourth-order valence-electron chi connectivity index (χ4n) is 3.10. The van der Waals surface area contributed by atoms with Crippen LogP contribution in [0.2, 0.25) is 0 Å². The second kappa shape index (κ2) is 6.02. The molecule has 2 rings (SSSR count). The van der Waals surface area contributed by atoms with Gasteiger partial charge in [-0.3, -0.25) is 4.79 Å². The van der Waals surface area contributed by atoms with E-state index in [1.165, 1.54) is 6.42 Å². The minimum atomic E-state index is 0.0541. The number of nitrogens with one attached hydrogen (secondary N) is 1. The number of amides is 1. The van der Waals surface area contributed by atoms with Crippen LogP contribution in [0.3, 0.4) is 0 Å². The smallest absolute Gasteiger partial charge is 0.239 e. The fraction of sp³-hybridized carbons (Fsp3) is 0.929. The summed E-state index contributed by atoms with van der Waals surface area (Å²) >= 11 is 0. The van der Waals surface area contributed by atoms with E-state index in [1.807, 2.05) is 11.9 Å². The Morgan fingerprint density at radius 1 is 1.28 bits per heavy atom. The zero-order valence-electron chi connectivity index (χ0n) is 12.0. The highest BCUT2D eigenvalue weighted by Gasteiger charge is 2.31. The monoisotopic (exact) mass is 253 g/mol. The van der Waals surface area contributed by atoms with Gasteiger partial charge in [-0.25, -0.2) is 0 Å². The average molecular weight is 253 g/mol. The molecule has 2 aliphatic rings. The third-order valence-corrected chi connectivity index (χ3v) is 4.55. The molecule has 0 aromatic carbocycles. The van der Waals surface area contributed by atoms with Gasteiger partial charge in [0.05, 0.1) is 6.04 Å². The van der Waals surface area contributed by atoms with Crippen molar-refractivity contribution in [3.8, 4) is 0 Å². The van der Waals surface area contributed by atoms with Crippen molar-refractivity contribution in [2.75, 3.05) is 33.7 Å². The summed E-state index contributed by atoms with van der Waals surface area (Å²) in [7, 11) is 4.14. The van der Waals surface area contributed by atoms with Crippen LogP contribution in [0.5, 0.6) is 0 Å². The zero-order valence-corrected chi connectivity index (χ0v) is 12.0. The normalized spacial score (nSPS) is 31.3. The summed E-state index contributed by atoms with van der Waals surface area (Å²) < 4.78 is 0. The molecule has 2 fully saturated rings. The van der Waals surface area contributed by atoms with Crippen LogP contribution < -0.4 is 5.32 Å². The molecule has 18 heavy (non-hydrogen) atoms. The Morgan fingerprint density at radius 2 is 1.94 bits per heavy atom. The van der Waals surface area contributed by atoms with Crippen LogP contribution in [0.1, 0.15) is 32.6 Å². The van der Waals surface area contributed by atoms with E-state index in [0.29, 0.717) is 17.9 Å². The second-order valence-corrected chi connectivity index (χ2v) is 6.12. The Labute approximate surface area is 111 Å². The van der Waals surface area contributed by atoms with E-state index < -0.39 is 0 Å². The predicted octanol–water partition coefficient (Wildman–Crippen LogP) is 0.927. The lowest BCUT2D eigenvalue weighted by atomic mass is 9.93. The number of piperidine rings is 2. The van der Waals surface area contributed by atoms with Gasteiger partial charge in [0, 0.05) is 13.1 Å². The maximum atomic E-state index is 12.5. The van der Waals surface area contributed by atoms with Gasteiger partial charge in [-0.2, -0.15) is 0 Å². The van der Waals surface area contributed by atoms with Crippen LogP contribution in [-0.2, 0) is 4.79 Å². The van der Waals surface area contributed by atoms with Crippen molar-refractivity contribution < 1.29 is 4.79 Å². The van der Waals surface area contributed by atoms with Crippen molar-refractivity contribution in [1.82, 2.24) is 15.1 Å². The first-order valence-electron chi connectivity index (χ1n) is 7.26. The Hall–Kier alpha value is -0.610. The molecule has 0 radical (unpaired) electrons. The van der Waals surface area contributed by atoms with Crippen molar-refractivity contribution in [2.45, 2.75) is 44.7 Å². The van der Waals surface area contributed by atoms with Gasteiger partial charge in [0.15, 0.2) is 0 Å². The molecule has 0 aromatic heterocycles. The molecule has 1 N–H and O–H groups in total. The molecule has 0 aromatic rings. The lowest BCUT2D eigenvalue weighted by molar-refractivity contribution is -0.136. The molecular weight excluding hydrogens is 226 g/mol. The van der Waals surface area contributed by atoms with Crippen LogP contribution in [0.15, 0.2) is 0 Å². The largest absolute Gasteiger partial charge is 0.341 e. The summed E-state index contributed by atoms with van der Waals surface area (Å²) in [5.74, 6) is 0.974. The maximum absolute atomic E-state index is 12.5. The highest BCUT2D eigenvalue weighted by molar-refractivity contribution is 5.82. The van der Waals surface area contributed by atoms with Crippen LogP contribution >= 0.6 is 0 Å². The van der Waals surface area contributed by atoms with E-state index in [9.17, 15) is 4.79 Å². The molecule has 2 unspecified atom stereocenters. The number of carbonyl (C=O) groups excluding carboxylic acids is 1. The number of rotatable bonds is 2. The summed E-state index contributed by atoms with van der Waals surface area (Å²) in [4.78, 5) is 16.8. The number of likely N-dealkylation sites (N-methyl/N-ethyl adjacent to an activating group) is 1. The second-order valence-electron chi connectivity index (χ2n) is 6.12. The van der Waals surface area contributed by atoms with E-state index in [1.54, 1.807) is 0 Å². The third kappa shape index (κ3) is 3.23. The van der Waals surface area contributed by atoms with E-state index in [-0.39, 0.29) is 6.04 Å². The minimum Gasteiger partial charge on any atom is -0.341 e. The Balaban J connectivity index is 1.87. The van der Waals surface area contributed by atoms with Gasteiger partial charge in [0.25, 0.3) is 0 Å². The van der Waals surface area contributed by atoms with Crippen molar-refractivity contribution >= 4 is 5.91 Å². The average Bonchev–Trinajstić information content (AvgIpc) is 2.38. The number of carbonyl (C=O) groups is 1. The van der Waals surface area contributed by atoms with Crippen LogP contribution in [0.4, 0.5) is 0 Å². The summed E-state index contributed by atoms with van der Waals surface area (Å²) in [5.41, 5.74) is 0. The van der Waals surface area contributed by atoms with Crippen molar-refractivity contribution in [3.63, 3.8) is 0 Å². The van der Waals surface area contributed by atoms with E-state index in [4.69, 9.17) is 0 Å². The molecule has 2 aliphatic heterocycles. The standard InChI is InChI=1S/C14H27N3O/c1-11-4-7-15-13(10-11)14(18)17(3)12-5-8-16(2)9-6-12/h11-13,15H,4-10H2,1-3H3. The van der Waals surface area contributed by atoms with Crippen molar-refractivity contribution in [3.05, 3.63) is 0 Å². The van der Waals surface area contributed by atoms with Gasteiger partial charge in [-0.1, -0.05) is 6.92 Å². The van der Waals surface area contributed by atoms with Gasteiger partial charge in [-0.05, 0) is 58.3 Å². The molecule has 2 atom stereocenters. The van der Waals surface area contributed by atoms with Crippen LogP contribution in [0, 0.1) is 5.92 Å². The summed E-state index contributed by atoms with van der Waals surface area (Å²) in [6.45, 7) is 5.45. The van der Waals surface area contributed by atoms with Crippen molar-refractivity contribution in [1.29, 1.82) is 0 Å². The number of nitrogens with zero attached hydrogens (tertiary/aromatic N) is 2. The summed E-state index contributed by atoms with van der Waals surface area (Å²) in [5, 5.41) is 3.38. The van der Waals surface area contributed by atoms with Crippen LogP contribution in [0.25, 0.3) is 0 Å². The first kappa shape index (κ1) is 13.8. The molecule has 2 heterocycles. The number of hydrogen-bond acceptors (Lipinski definition) is 3. The van der Waals surface area contributed by atoms with Gasteiger partial charge < -0.3 is 15.1 Å². The van der Waals surface area contributed by atoms with Gasteiger partial charge in [0.1, 0.15) is 0 Å². The number of likely N-dealkylation sites (tertiary alicyclic amines) is 1. The van der Waals surface area contributed by atoms with Gasteiger partial charge >= 0.3 is 0 Å². The quantitative estimate of drug-likeness (QED) is 0.795. The molecule has 0 saturated carbocycles. The Kier molecular flexibility index (Phi) is 4.62. The molecule has 0 spiro atoms. The molecular formula is C14H27N3O. The zero-order chi connectivity index (χ0) is 13.1. The van der Waals surface area contributed by atoms with Crippen LogP contribution in [-0.4, -0.2) is 61.5 Å². The molecule has 2 saturated heterocycles. The minimum absolute atomic E-state index is 0.0541. The Bertz CT molecular complexity index is 287. The third-order valence-electron chi connectivity index (χ3n) is 4.55. The van der Waals surface area contributed by atoms with Crippen molar-refractivity contribution in [2.24, 2.45) is 5.92 Å². The van der Waals surface area contributed by atoms with E-state index in [0.717, 1.165) is 38.9 Å². The van der Waals surface area contributed by atoms with Gasteiger partial charge in [-0.15, -0.1) is 0 Å². The molecule has 104 valence electrons. The van der Waals surface area contributed by atoms with E-state index in [2.05, 4.69) is 24.2 Å². The molecule has 4 nitrogen and oxygen atoms in total. The van der Waals surface area contributed by atoms with Gasteiger partial charge in [0.2, 0.25) is 5.91 Å². The first-order chi connectivity index (χ1) is 8.58. The Morgan fingerprint density at radius 3 is 2.56 bits per heavy atom. The number of hydrogen-bond donors (Lipinski definition) is 1. The van der Waals surface area contributed by atoms with E-state index >= 15 is 0 Å². The highest BCUT2D eigenvalue weighted by atomic mass is 16.2. The predicted molar refractivity (Wildman–Crippen MR) is 73.5 cm³/mol. The fourth-order valence-corrected chi connectivity index (χ4v) is 3.10. The molecule has 1 amide bonds. The molecule has 0 aliphatic carbocycles. The maximum Gasteiger partial charge on any atom is 0.239 e. The lowest BCUT2D eigenvalue weighted by Crippen LogP contribution is -2.53. The highest BCUT2D eigenvalue weighted by Crippen LogP contribution is 2.20.